The van der Waals surface area contributed by atoms with E-state index >= 15 is 0 Å². The molecule has 0 unspecified atom stereocenters. The Bertz CT molecular complexity index is 470. The van der Waals surface area contributed by atoms with Crippen molar-refractivity contribution in [3.05, 3.63) is 34.6 Å². The van der Waals surface area contributed by atoms with Gasteiger partial charge in [0.1, 0.15) is 11.5 Å². The molecule has 0 bridgehead atoms. The molecule has 0 aliphatic rings. The summed E-state index contributed by atoms with van der Waals surface area (Å²) in [5.41, 5.74) is 6.49. The van der Waals surface area contributed by atoms with E-state index in [1.165, 1.54) is 6.07 Å². The molecule has 1 aromatic carbocycles. The number of aromatic nitrogens is 1. The first-order valence-electron chi connectivity index (χ1n) is 3.85. The van der Waals surface area contributed by atoms with E-state index in [0.717, 1.165) is 0 Å². The van der Waals surface area contributed by atoms with Crippen LogP contribution in [0.1, 0.15) is 0 Å². The summed E-state index contributed by atoms with van der Waals surface area (Å²) in [6.45, 7) is 0. The van der Waals surface area contributed by atoms with Crippen LogP contribution < -0.4 is 5.73 Å². The average molecular weight is 257 g/mol. The Labute approximate surface area is 87.8 Å². The van der Waals surface area contributed by atoms with E-state index in [-0.39, 0.29) is 11.7 Å². The SMILES string of the molecule is Nc1cc(-c2cccc(F)c2Br)no1. The minimum Gasteiger partial charge on any atom is -0.368 e. The fourth-order valence-electron chi connectivity index (χ4n) is 1.12. The molecule has 1 heterocycles. The van der Waals surface area contributed by atoms with Crippen LogP contribution in [0.4, 0.5) is 10.3 Å². The summed E-state index contributed by atoms with van der Waals surface area (Å²) in [5, 5.41) is 3.69. The largest absolute Gasteiger partial charge is 0.368 e. The standard InChI is InChI=1S/C9H6BrFN2O/c10-9-5(2-1-3-6(9)11)7-4-8(12)14-13-7/h1-4H,12H2. The van der Waals surface area contributed by atoms with Gasteiger partial charge >= 0.3 is 0 Å². The van der Waals surface area contributed by atoms with Crippen LogP contribution in [-0.4, -0.2) is 5.16 Å². The van der Waals surface area contributed by atoms with E-state index in [9.17, 15) is 4.39 Å². The molecule has 0 amide bonds. The second-order valence-electron chi connectivity index (χ2n) is 2.72. The lowest BCUT2D eigenvalue weighted by Gasteiger charge is -1.99. The lowest BCUT2D eigenvalue weighted by Crippen LogP contribution is -1.83. The summed E-state index contributed by atoms with van der Waals surface area (Å²) in [6, 6.07) is 6.22. The number of anilines is 1. The Morgan fingerprint density at radius 3 is 2.86 bits per heavy atom. The molecular weight excluding hydrogens is 251 g/mol. The molecule has 0 saturated heterocycles. The third-order valence-electron chi connectivity index (χ3n) is 1.76. The molecule has 2 rings (SSSR count). The summed E-state index contributed by atoms with van der Waals surface area (Å²) in [6.07, 6.45) is 0. The second kappa shape index (κ2) is 3.42. The quantitative estimate of drug-likeness (QED) is 0.854. The Morgan fingerprint density at radius 2 is 2.21 bits per heavy atom. The maximum absolute atomic E-state index is 13.1. The van der Waals surface area contributed by atoms with Crippen molar-refractivity contribution in [3.63, 3.8) is 0 Å². The van der Waals surface area contributed by atoms with Crippen LogP contribution in [0.5, 0.6) is 0 Å². The van der Waals surface area contributed by atoms with Crippen LogP contribution in [-0.2, 0) is 0 Å². The summed E-state index contributed by atoms with van der Waals surface area (Å²) in [4.78, 5) is 0. The molecule has 0 radical (unpaired) electrons. The minimum atomic E-state index is -0.343. The molecule has 3 nitrogen and oxygen atoms in total. The zero-order valence-electron chi connectivity index (χ0n) is 7.00. The predicted octanol–water partition coefficient (Wildman–Crippen LogP) is 2.83. The van der Waals surface area contributed by atoms with Crippen molar-refractivity contribution in [2.24, 2.45) is 0 Å². The lowest BCUT2D eigenvalue weighted by molar-refractivity contribution is 0.439. The third-order valence-corrected chi connectivity index (χ3v) is 2.56. The van der Waals surface area contributed by atoms with Gasteiger partial charge in [-0.3, -0.25) is 0 Å². The zero-order chi connectivity index (χ0) is 10.1. The number of halogens is 2. The predicted molar refractivity (Wildman–Crippen MR) is 54.0 cm³/mol. The minimum absolute atomic E-state index is 0.205. The molecule has 1 aromatic heterocycles. The van der Waals surface area contributed by atoms with Gasteiger partial charge in [0.15, 0.2) is 0 Å². The smallest absolute Gasteiger partial charge is 0.222 e. The molecular formula is C9H6BrFN2O. The third kappa shape index (κ3) is 1.50. The summed E-state index contributed by atoms with van der Waals surface area (Å²) in [5.74, 6) is -0.139. The first-order valence-corrected chi connectivity index (χ1v) is 4.64. The first-order chi connectivity index (χ1) is 6.68. The number of hydrogen-bond acceptors (Lipinski definition) is 3. The highest BCUT2D eigenvalue weighted by Gasteiger charge is 2.10. The van der Waals surface area contributed by atoms with Crippen molar-refractivity contribution < 1.29 is 8.91 Å². The lowest BCUT2D eigenvalue weighted by atomic mass is 10.1. The number of nitrogens with two attached hydrogens (primary N) is 1. The molecule has 5 heteroatoms. The van der Waals surface area contributed by atoms with Gasteiger partial charge in [0.2, 0.25) is 5.88 Å². The van der Waals surface area contributed by atoms with E-state index < -0.39 is 0 Å². The highest BCUT2D eigenvalue weighted by Crippen LogP contribution is 2.30. The Balaban J connectivity index is 2.57. The van der Waals surface area contributed by atoms with Gasteiger partial charge in [0.25, 0.3) is 0 Å². The highest BCUT2D eigenvalue weighted by atomic mass is 79.9. The highest BCUT2D eigenvalue weighted by molar-refractivity contribution is 9.10. The number of hydrogen-bond donors (Lipinski definition) is 1. The Morgan fingerprint density at radius 1 is 1.43 bits per heavy atom. The van der Waals surface area contributed by atoms with Gasteiger partial charge in [-0.1, -0.05) is 17.3 Å². The number of nitrogen functional groups attached to an aromatic ring is 1. The number of rotatable bonds is 1. The van der Waals surface area contributed by atoms with E-state index in [1.807, 2.05) is 0 Å². The molecule has 72 valence electrons. The van der Waals surface area contributed by atoms with Gasteiger partial charge in [-0.2, -0.15) is 0 Å². The van der Waals surface area contributed by atoms with E-state index in [2.05, 4.69) is 21.1 Å². The van der Waals surface area contributed by atoms with Gasteiger partial charge in [0.05, 0.1) is 4.47 Å². The Hall–Kier alpha value is -1.36. The molecule has 2 N–H and O–H groups in total. The fraction of sp³-hybridized carbons (Fsp3) is 0. The van der Waals surface area contributed by atoms with Crippen molar-refractivity contribution in [1.29, 1.82) is 0 Å². The van der Waals surface area contributed by atoms with Crippen LogP contribution in [0.2, 0.25) is 0 Å². The van der Waals surface area contributed by atoms with Crippen molar-refractivity contribution in [2.75, 3.05) is 5.73 Å². The maximum atomic E-state index is 13.1. The molecule has 0 spiro atoms. The first kappa shape index (κ1) is 9.21. The van der Waals surface area contributed by atoms with E-state index in [4.69, 9.17) is 10.3 Å². The van der Waals surface area contributed by atoms with Crippen molar-refractivity contribution >= 4 is 21.8 Å². The molecule has 0 saturated carbocycles. The monoisotopic (exact) mass is 256 g/mol. The van der Waals surface area contributed by atoms with Crippen molar-refractivity contribution in [3.8, 4) is 11.3 Å². The maximum Gasteiger partial charge on any atom is 0.222 e. The van der Waals surface area contributed by atoms with Crippen molar-refractivity contribution in [1.82, 2.24) is 5.16 Å². The molecule has 0 aliphatic heterocycles. The van der Waals surface area contributed by atoms with Crippen LogP contribution in [0.15, 0.2) is 33.3 Å². The van der Waals surface area contributed by atoms with Gasteiger partial charge in [-0.25, -0.2) is 4.39 Å². The summed E-state index contributed by atoms with van der Waals surface area (Å²) >= 11 is 3.13. The molecule has 0 aliphatic carbocycles. The normalized spacial score (nSPS) is 10.4. The summed E-state index contributed by atoms with van der Waals surface area (Å²) < 4.78 is 18.2. The van der Waals surface area contributed by atoms with Crippen molar-refractivity contribution in [2.45, 2.75) is 0 Å². The van der Waals surface area contributed by atoms with Gasteiger partial charge in [-0.05, 0) is 22.0 Å². The van der Waals surface area contributed by atoms with Crippen LogP contribution >= 0.6 is 15.9 Å². The number of nitrogens with zero attached hydrogens (tertiary/aromatic N) is 1. The fourth-order valence-corrected chi connectivity index (χ4v) is 1.59. The van der Waals surface area contributed by atoms with Gasteiger partial charge < -0.3 is 10.3 Å². The molecule has 0 atom stereocenters. The van der Waals surface area contributed by atoms with Crippen LogP contribution in [0, 0.1) is 5.82 Å². The van der Waals surface area contributed by atoms with Gasteiger partial charge in [-0.15, -0.1) is 0 Å². The summed E-state index contributed by atoms with van der Waals surface area (Å²) in [7, 11) is 0. The topological polar surface area (TPSA) is 52.0 Å². The second-order valence-corrected chi connectivity index (χ2v) is 3.51. The number of benzene rings is 1. The Kier molecular flexibility index (Phi) is 2.25. The van der Waals surface area contributed by atoms with Crippen LogP contribution in [0.25, 0.3) is 11.3 Å². The van der Waals surface area contributed by atoms with Crippen LogP contribution in [0.3, 0.4) is 0 Å². The molecule has 0 fully saturated rings. The molecule has 14 heavy (non-hydrogen) atoms. The average Bonchev–Trinajstić information content (AvgIpc) is 2.57. The zero-order valence-corrected chi connectivity index (χ0v) is 8.58. The molecule has 2 aromatic rings. The van der Waals surface area contributed by atoms with Gasteiger partial charge in [0, 0.05) is 11.6 Å². The van der Waals surface area contributed by atoms with E-state index in [0.29, 0.717) is 15.7 Å². The van der Waals surface area contributed by atoms with E-state index in [1.54, 1.807) is 18.2 Å².